The Morgan fingerprint density at radius 1 is 1.21 bits per heavy atom. The summed E-state index contributed by atoms with van der Waals surface area (Å²) in [7, 11) is 0. The van der Waals surface area contributed by atoms with Crippen LogP contribution in [0.3, 0.4) is 0 Å². The molecule has 104 valence electrons. The third-order valence-electron chi connectivity index (χ3n) is 4.37. The van der Waals surface area contributed by atoms with E-state index in [1.54, 1.807) is 0 Å². The molecular formula is C17H25NO. The van der Waals surface area contributed by atoms with Crippen molar-refractivity contribution in [1.82, 2.24) is 5.32 Å². The summed E-state index contributed by atoms with van der Waals surface area (Å²) < 4.78 is 5.89. The molecule has 2 nitrogen and oxygen atoms in total. The molecule has 1 aromatic carbocycles. The molecule has 2 saturated carbocycles. The Balaban J connectivity index is 1.58. The quantitative estimate of drug-likeness (QED) is 0.806. The summed E-state index contributed by atoms with van der Waals surface area (Å²) in [6.45, 7) is 5.80. The fourth-order valence-electron chi connectivity index (χ4n) is 2.39. The Bertz CT molecular complexity index is 423. The van der Waals surface area contributed by atoms with Gasteiger partial charge in [-0.1, -0.05) is 26.0 Å². The van der Waals surface area contributed by atoms with Gasteiger partial charge in [0, 0.05) is 6.04 Å². The summed E-state index contributed by atoms with van der Waals surface area (Å²) in [5.41, 5.74) is 1.41. The summed E-state index contributed by atoms with van der Waals surface area (Å²) in [4.78, 5) is 0. The van der Waals surface area contributed by atoms with Gasteiger partial charge in [0.1, 0.15) is 5.75 Å². The number of nitrogens with one attached hydrogen (secondary N) is 1. The van der Waals surface area contributed by atoms with Crippen LogP contribution in [0.25, 0.3) is 0 Å². The molecule has 2 aliphatic rings. The van der Waals surface area contributed by atoms with E-state index in [2.05, 4.69) is 43.4 Å². The van der Waals surface area contributed by atoms with E-state index in [0.717, 1.165) is 18.3 Å². The molecule has 3 rings (SSSR count). The minimum Gasteiger partial charge on any atom is -0.490 e. The van der Waals surface area contributed by atoms with Crippen LogP contribution in [0, 0.1) is 5.92 Å². The van der Waals surface area contributed by atoms with Gasteiger partial charge in [0.2, 0.25) is 0 Å². The van der Waals surface area contributed by atoms with Crippen LogP contribution in [0.2, 0.25) is 0 Å². The smallest absolute Gasteiger partial charge is 0.119 e. The maximum atomic E-state index is 5.89. The Kier molecular flexibility index (Phi) is 3.79. The number of benzene rings is 1. The van der Waals surface area contributed by atoms with Crippen molar-refractivity contribution in [3.05, 3.63) is 29.8 Å². The lowest BCUT2D eigenvalue weighted by molar-refractivity contribution is 0.302. The monoisotopic (exact) mass is 259 g/mol. The third-order valence-corrected chi connectivity index (χ3v) is 4.37. The molecule has 0 spiro atoms. The van der Waals surface area contributed by atoms with Crippen LogP contribution in [-0.4, -0.2) is 18.7 Å². The standard InChI is InChI=1S/C17H25NO/c1-12(11-18-15-6-7-15)13(2)14-4-3-5-17(10-14)19-16-8-9-16/h3-5,10,12-13,15-16,18H,6-9,11H2,1-2H3. The van der Waals surface area contributed by atoms with Crippen LogP contribution < -0.4 is 10.1 Å². The summed E-state index contributed by atoms with van der Waals surface area (Å²) in [6.07, 6.45) is 5.67. The van der Waals surface area contributed by atoms with Gasteiger partial charge in [-0.05, 0) is 61.8 Å². The normalized spacial score (nSPS) is 22.0. The Morgan fingerprint density at radius 3 is 2.68 bits per heavy atom. The number of hydrogen-bond donors (Lipinski definition) is 1. The van der Waals surface area contributed by atoms with Crippen LogP contribution >= 0.6 is 0 Å². The SMILES string of the molecule is CC(CNC1CC1)C(C)c1cccc(OC2CC2)c1. The highest BCUT2D eigenvalue weighted by Gasteiger charge is 2.25. The first-order valence-electron chi connectivity index (χ1n) is 7.72. The lowest BCUT2D eigenvalue weighted by Crippen LogP contribution is -2.26. The highest BCUT2D eigenvalue weighted by atomic mass is 16.5. The lowest BCUT2D eigenvalue weighted by Gasteiger charge is -2.21. The summed E-state index contributed by atoms with van der Waals surface area (Å²) >= 11 is 0. The van der Waals surface area contributed by atoms with E-state index in [4.69, 9.17) is 4.74 Å². The van der Waals surface area contributed by atoms with E-state index in [9.17, 15) is 0 Å². The minimum atomic E-state index is 0.486. The van der Waals surface area contributed by atoms with Gasteiger partial charge in [0.05, 0.1) is 6.10 Å². The maximum Gasteiger partial charge on any atom is 0.119 e. The highest BCUT2D eigenvalue weighted by Crippen LogP contribution is 2.31. The van der Waals surface area contributed by atoms with Gasteiger partial charge in [0.25, 0.3) is 0 Å². The van der Waals surface area contributed by atoms with Crippen LogP contribution in [0.5, 0.6) is 5.75 Å². The van der Waals surface area contributed by atoms with Gasteiger partial charge in [-0.2, -0.15) is 0 Å². The Labute approximate surface area is 116 Å². The number of hydrogen-bond acceptors (Lipinski definition) is 2. The molecule has 0 heterocycles. The second kappa shape index (κ2) is 5.54. The van der Waals surface area contributed by atoms with Crippen LogP contribution in [0.4, 0.5) is 0 Å². The van der Waals surface area contributed by atoms with Crippen molar-refractivity contribution in [2.75, 3.05) is 6.54 Å². The van der Waals surface area contributed by atoms with Crippen molar-refractivity contribution in [2.45, 2.75) is 57.6 Å². The fraction of sp³-hybridized carbons (Fsp3) is 0.647. The molecule has 0 radical (unpaired) electrons. The van der Waals surface area contributed by atoms with Crippen molar-refractivity contribution in [1.29, 1.82) is 0 Å². The molecule has 2 atom stereocenters. The summed E-state index contributed by atoms with van der Waals surface area (Å²) in [5.74, 6) is 2.29. The lowest BCUT2D eigenvalue weighted by atomic mass is 9.89. The Morgan fingerprint density at radius 2 is 2.00 bits per heavy atom. The third kappa shape index (κ3) is 3.73. The van der Waals surface area contributed by atoms with E-state index in [1.165, 1.54) is 31.2 Å². The van der Waals surface area contributed by atoms with Gasteiger partial charge >= 0.3 is 0 Å². The van der Waals surface area contributed by atoms with E-state index in [0.29, 0.717) is 17.9 Å². The van der Waals surface area contributed by atoms with E-state index < -0.39 is 0 Å². The van der Waals surface area contributed by atoms with Gasteiger partial charge in [-0.15, -0.1) is 0 Å². The zero-order valence-corrected chi connectivity index (χ0v) is 12.1. The molecule has 0 aromatic heterocycles. The molecule has 0 amide bonds. The molecule has 1 N–H and O–H groups in total. The van der Waals surface area contributed by atoms with Crippen LogP contribution in [-0.2, 0) is 0 Å². The van der Waals surface area contributed by atoms with Gasteiger partial charge in [-0.25, -0.2) is 0 Å². The predicted molar refractivity (Wildman–Crippen MR) is 78.7 cm³/mol. The van der Waals surface area contributed by atoms with Crippen LogP contribution in [0.15, 0.2) is 24.3 Å². The predicted octanol–water partition coefficient (Wildman–Crippen LogP) is 3.72. The molecule has 1 aromatic rings. The van der Waals surface area contributed by atoms with Gasteiger partial charge in [-0.3, -0.25) is 0 Å². The Hall–Kier alpha value is -1.02. The molecule has 0 bridgehead atoms. The second-order valence-electron chi connectivity index (χ2n) is 6.34. The molecule has 2 heteroatoms. The molecule has 2 unspecified atom stereocenters. The molecular weight excluding hydrogens is 234 g/mol. The average molecular weight is 259 g/mol. The summed E-state index contributed by atoms with van der Waals surface area (Å²) in [5, 5.41) is 3.63. The number of ether oxygens (including phenoxy) is 1. The molecule has 2 fully saturated rings. The zero-order valence-electron chi connectivity index (χ0n) is 12.1. The topological polar surface area (TPSA) is 21.3 Å². The fourth-order valence-corrected chi connectivity index (χ4v) is 2.39. The molecule has 0 saturated heterocycles. The van der Waals surface area contributed by atoms with E-state index in [1.807, 2.05) is 0 Å². The first-order chi connectivity index (χ1) is 9.22. The summed E-state index contributed by atoms with van der Waals surface area (Å²) in [6, 6.07) is 9.49. The van der Waals surface area contributed by atoms with Gasteiger partial charge < -0.3 is 10.1 Å². The van der Waals surface area contributed by atoms with E-state index in [-0.39, 0.29) is 0 Å². The van der Waals surface area contributed by atoms with Crippen molar-refractivity contribution in [2.24, 2.45) is 5.92 Å². The maximum absolute atomic E-state index is 5.89. The van der Waals surface area contributed by atoms with E-state index >= 15 is 0 Å². The van der Waals surface area contributed by atoms with Crippen molar-refractivity contribution in [3.8, 4) is 5.75 Å². The molecule has 0 aliphatic heterocycles. The molecule has 19 heavy (non-hydrogen) atoms. The minimum absolute atomic E-state index is 0.486. The van der Waals surface area contributed by atoms with Crippen molar-refractivity contribution in [3.63, 3.8) is 0 Å². The van der Waals surface area contributed by atoms with Crippen molar-refractivity contribution >= 4 is 0 Å². The zero-order chi connectivity index (χ0) is 13.2. The molecule has 2 aliphatic carbocycles. The average Bonchev–Trinajstić information content (AvgIpc) is 3.29. The van der Waals surface area contributed by atoms with Crippen LogP contribution in [0.1, 0.15) is 51.0 Å². The highest BCUT2D eigenvalue weighted by molar-refractivity contribution is 5.31. The van der Waals surface area contributed by atoms with Gasteiger partial charge in [0.15, 0.2) is 0 Å². The first kappa shape index (κ1) is 13.0. The van der Waals surface area contributed by atoms with Crippen molar-refractivity contribution < 1.29 is 4.74 Å². The number of rotatable bonds is 7. The largest absolute Gasteiger partial charge is 0.490 e. The second-order valence-corrected chi connectivity index (χ2v) is 6.34. The first-order valence-corrected chi connectivity index (χ1v) is 7.72.